The molecular formula is C16H20F3N3O2. The maximum Gasteiger partial charge on any atom is 0.416 e. The van der Waals surface area contributed by atoms with Gasteiger partial charge in [0.1, 0.15) is 0 Å². The highest BCUT2D eigenvalue weighted by Gasteiger charge is 2.31. The van der Waals surface area contributed by atoms with E-state index in [-0.39, 0.29) is 12.6 Å². The molecule has 0 N–H and O–H groups in total. The third-order valence-electron chi connectivity index (χ3n) is 3.66. The van der Waals surface area contributed by atoms with Gasteiger partial charge in [0.05, 0.1) is 24.8 Å². The summed E-state index contributed by atoms with van der Waals surface area (Å²) >= 11 is 0. The van der Waals surface area contributed by atoms with Crippen molar-refractivity contribution in [1.82, 2.24) is 15.0 Å². The molecule has 5 nitrogen and oxygen atoms in total. The normalized spacial score (nSPS) is 13.5. The Kier molecular flexibility index (Phi) is 5.95. The highest BCUT2D eigenvalue weighted by molar-refractivity contribution is 5.28. The Morgan fingerprint density at radius 2 is 2.08 bits per heavy atom. The predicted octanol–water partition coefficient (Wildman–Crippen LogP) is 3.47. The van der Waals surface area contributed by atoms with Gasteiger partial charge < -0.3 is 9.26 Å². The highest BCUT2D eigenvalue weighted by atomic mass is 19.4. The van der Waals surface area contributed by atoms with Crippen LogP contribution >= 0.6 is 0 Å². The molecule has 8 heteroatoms. The molecule has 0 bridgehead atoms. The van der Waals surface area contributed by atoms with Gasteiger partial charge in [-0.2, -0.15) is 18.2 Å². The Labute approximate surface area is 138 Å². The van der Waals surface area contributed by atoms with Gasteiger partial charge in [0.25, 0.3) is 0 Å². The second kappa shape index (κ2) is 7.76. The van der Waals surface area contributed by atoms with Crippen LogP contribution in [0.1, 0.15) is 35.8 Å². The molecule has 1 aromatic carbocycles. The van der Waals surface area contributed by atoms with Crippen LogP contribution in [0.2, 0.25) is 0 Å². The van der Waals surface area contributed by atoms with Gasteiger partial charge in [-0.1, -0.05) is 24.2 Å². The summed E-state index contributed by atoms with van der Waals surface area (Å²) in [5.74, 6) is 1.02. The molecule has 0 spiro atoms. The van der Waals surface area contributed by atoms with Crippen LogP contribution < -0.4 is 0 Å². The molecule has 0 saturated carbocycles. The van der Waals surface area contributed by atoms with Crippen molar-refractivity contribution in [1.29, 1.82) is 0 Å². The van der Waals surface area contributed by atoms with Gasteiger partial charge in [0, 0.05) is 13.5 Å². The Morgan fingerprint density at radius 3 is 2.67 bits per heavy atom. The van der Waals surface area contributed by atoms with E-state index in [4.69, 9.17) is 9.26 Å². The smallest absolute Gasteiger partial charge is 0.383 e. The zero-order valence-electron chi connectivity index (χ0n) is 13.8. The minimum absolute atomic E-state index is 0.246. The first kappa shape index (κ1) is 18.4. The number of alkyl halides is 3. The molecule has 0 radical (unpaired) electrons. The van der Waals surface area contributed by atoms with Crippen molar-refractivity contribution in [3.8, 4) is 0 Å². The summed E-state index contributed by atoms with van der Waals surface area (Å²) in [5, 5.41) is 3.87. The van der Waals surface area contributed by atoms with Gasteiger partial charge in [0.2, 0.25) is 5.89 Å². The second-order valence-electron chi connectivity index (χ2n) is 5.47. The first-order valence-corrected chi connectivity index (χ1v) is 7.53. The largest absolute Gasteiger partial charge is 0.416 e. The van der Waals surface area contributed by atoms with E-state index in [1.165, 1.54) is 13.2 Å². The van der Waals surface area contributed by atoms with Gasteiger partial charge in [0.15, 0.2) is 5.82 Å². The van der Waals surface area contributed by atoms with E-state index in [0.29, 0.717) is 30.2 Å². The number of hydrogen-bond donors (Lipinski definition) is 0. The van der Waals surface area contributed by atoms with Crippen LogP contribution in [0.3, 0.4) is 0 Å². The fraction of sp³-hybridized carbons (Fsp3) is 0.500. The number of aryl methyl sites for hydroxylation is 1. The fourth-order valence-corrected chi connectivity index (χ4v) is 2.39. The van der Waals surface area contributed by atoms with Crippen LogP contribution in [-0.2, 0) is 23.9 Å². The van der Waals surface area contributed by atoms with Crippen molar-refractivity contribution in [2.24, 2.45) is 0 Å². The summed E-state index contributed by atoms with van der Waals surface area (Å²) in [6, 6.07) is 4.90. The lowest BCUT2D eigenvalue weighted by molar-refractivity contribution is -0.137. The van der Waals surface area contributed by atoms with Crippen LogP contribution in [0.25, 0.3) is 0 Å². The lowest BCUT2D eigenvalue weighted by atomic mass is 10.0. The molecule has 0 saturated heterocycles. The van der Waals surface area contributed by atoms with E-state index in [1.54, 1.807) is 13.1 Å². The lowest BCUT2D eigenvalue weighted by Crippen LogP contribution is -2.28. The third-order valence-corrected chi connectivity index (χ3v) is 3.66. The Bertz CT molecular complexity index is 658. The number of nitrogens with zero attached hydrogens (tertiary/aromatic N) is 3. The minimum atomic E-state index is -4.38. The topological polar surface area (TPSA) is 51.4 Å². The number of hydrogen-bond acceptors (Lipinski definition) is 5. The molecular weight excluding hydrogens is 323 g/mol. The third kappa shape index (κ3) is 4.55. The molecule has 0 fully saturated rings. The lowest BCUT2D eigenvalue weighted by Gasteiger charge is -2.27. The zero-order valence-corrected chi connectivity index (χ0v) is 13.8. The first-order valence-electron chi connectivity index (χ1n) is 7.53. The van der Waals surface area contributed by atoms with Crippen molar-refractivity contribution in [3.63, 3.8) is 0 Å². The van der Waals surface area contributed by atoms with E-state index in [2.05, 4.69) is 10.1 Å². The van der Waals surface area contributed by atoms with Gasteiger partial charge in [-0.05, 0) is 24.7 Å². The quantitative estimate of drug-likeness (QED) is 0.770. The van der Waals surface area contributed by atoms with Crippen LogP contribution in [0, 0.1) is 0 Å². The zero-order chi connectivity index (χ0) is 17.7. The number of ether oxygens (including phenoxy) is 1. The van der Waals surface area contributed by atoms with Gasteiger partial charge in [-0.3, -0.25) is 4.90 Å². The van der Waals surface area contributed by atoms with Crippen molar-refractivity contribution >= 4 is 0 Å². The van der Waals surface area contributed by atoms with Gasteiger partial charge in [-0.15, -0.1) is 0 Å². The number of aromatic nitrogens is 2. The summed E-state index contributed by atoms with van der Waals surface area (Å²) < 4.78 is 49.0. The molecule has 0 aliphatic rings. The van der Waals surface area contributed by atoms with Crippen molar-refractivity contribution in [2.45, 2.75) is 32.1 Å². The molecule has 0 amide bonds. The molecule has 0 unspecified atom stereocenters. The summed E-state index contributed by atoms with van der Waals surface area (Å²) in [6.07, 6.45) is -3.75. The minimum Gasteiger partial charge on any atom is -0.383 e. The summed E-state index contributed by atoms with van der Waals surface area (Å²) in [6.45, 7) is 2.49. The van der Waals surface area contributed by atoms with Crippen LogP contribution in [0.15, 0.2) is 28.8 Å². The maximum atomic E-state index is 12.9. The SMILES string of the molecule is CCc1nc(CN(C)[C@H](COC)c2cccc(C(F)(F)F)c2)no1. The summed E-state index contributed by atoms with van der Waals surface area (Å²) in [4.78, 5) is 6.06. The molecule has 132 valence electrons. The summed E-state index contributed by atoms with van der Waals surface area (Å²) in [5.41, 5.74) is -0.157. The Morgan fingerprint density at radius 1 is 1.33 bits per heavy atom. The van der Waals surface area contributed by atoms with Crippen molar-refractivity contribution in [2.75, 3.05) is 20.8 Å². The number of likely N-dealkylation sites (N-methyl/N-ethyl adjacent to an activating group) is 1. The van der Waals surface area contributed by atoms with E-state index in [9.17, 15) is 13.2 Å². The number of halogens is 3. The van der Waals surface area contributed by atoms with Crippen LogP contribution in [0.4, 0.5) is 13.2 Å². The molecule has 1 heterocycles. The Balaban J connectivity index is 2.21. The molecule has 24 heavy (non-hydrogen) atoms. The maximum absolute atomic E-state index is 12.9. The summed E-state index contributed by atoms with van der Waals surface area (Å²) in [7, 11) is 3.30. The predicted molar refractivity (Wildman–Crippen MR) is 81.2 cm³/mol. The van der Waals surface area contributed by atoms with Crippen LogP contribution in [-0.4, -0.2) is 35.8 Å². The number of benzene rings is 1. The Hall–Kier alpha value is -1.93. The molecule has 0 aliphatic heterocycles. The molecule has 1 atom stereocenters. The van der Waals surface area contributed by atoms with E-state index >= 15 is 0 Å². The monoisotopic (exact) mass is 343 g/mol. The average Bonchev–Trinajstić information content (AvgIpc) is 2.99. The highest BCUT2D eigenvalue weighted by Crippen LogP contribution is 2.32. The average molecular weight is 343 g/mol. The van der Waals surface area contributed by atoms with Gasteiger partial charge >= 0.3 is 6.18 Å². The number of methoxy groups -OCH3 is 1. The standard InChI is InChI=1S/C16H20F3N3O2/c1-4-15-20-14(21-24-15)9-22(2)13(10-23-3)11-6-5-7-12(8-11)16(17,18)19/h5-8,13H,4,9-10H2,1-3H3/t13-/m1/s1. The molecule has 0 aliphatic carbocycles. The van der Waals surface area contributed by atoms with E-state index in [1.807, 2.05) is 11.8 Å². The molecule has 1 aromatic heterocycles. The van der Waals surface area contributed by atoms with Crippen LogP contribution in [0.5, 0.6) is 0 Å². The van der Waals surface area contributed by atoms with Crippen molar-refractivity contribution in [3.05, 3.63) is 47.1 Å². The fourth-order valence-electron chi connectivity index (χ4n) is 2.39. The second-order valence-corrected chi connectivity index (χ2v) is 5.47. The molecule has 2 aromatic rings. The molecule has 2 rings (SSSR count). The van der Waals surface area contributed by atoms with E-state index in [0.717, 1.165) is 12.1 Å². The van der Waals surface area contributed by atoms with Gasteiger partial charge in [-0.25, -0.2) is 0 Å². The number of rotatable bonds is 7. The first-order chi connectivity index (χ1) is 11.3. The van der Waals surface area contributed by atoms with E-state index < -0.39 is 11.7 Å². The van der Waals surface area contributed by atoms with Crippen molar-refractivity contribution < 1.29 is 22.4 Å².